The third-order valence-electron chi connectivity index (χ3n) is 15.2. The SMILES string of the molecule is CC=NOCCCCC(=O)CCCN(CCOCCOCCOC)c1cc(COc2cc3c(cc2C)C(=O)N2Cc4ccccc4C[C@H]2CN3C)cc(COc2cc3c(cc2OC)C(=O)N2Cc4ccccc4C[C@H]2CN3)c1. The Balaban J connectivity index is 0.965. The smallest absolute Gasteiger partial charge is 0.256 e. The van der Waals surface area contributed by atoms with Gasteiger partial charge in [0.1, 0.15) is 31.4 Å². The molecule has 0 unspecified atom stereocenters. The number of hydrogen-bond donors (Lipinski definition) is 1. The first-order valence-corrected chi connectivity index (χ1v) is 27.6. The molecule has 4 aliphatic heterocycles. The van der Waals surface area contributed by atoms with Crippen LogP contribution in [0.15, 0.2) is 96.2 Å². The molecule has 0 radical (unpaired) electrons. The molecule has 0 saturated heterocycles. The van der Waals surface area contributed by atoms with Crippen molar-refractivity contribution in [1.82, 2.24) is 9.80 Å². The average Bonchev–Trinajstić information content (AvgIpc) is 3.72. The van der Waals surface area contributed by atoms with Crippen LogP contribution in [0, 0.1) is 6.92 Å². The Morgan fingerprint density at radius 3 is 2.04 bits per heavy atom. The number of oxime groups is 1. The fraction of sp³-hybridized carbons (Fsp3) is 0.452. The quantitative estimate of drug-likeness (QED) is 0.0303. The van der Waals surface area contributed by atoms with Gasteiger partial charge in [-0.25, -0.2) is 0 Å². The molecule has 4 aliphatic rings. The molecule has 0 saturated carbocycles. The molecule has 16 nitrogen and oxygen atoms in total. The molecule has 0 spiro atoms. The number of nitrogens with one attached hydrogen (secondary N) is 1. The molecule has 1 N–H and O–H groups in total. The van der Waals surface area contributed by atoms with E-state index in [4.69, 9.17) is 33.3 Å². The normalized spacial score (nSPS) is 16.4. The molecule has 9 rings (SSSR count). The van der Waals surface area contributed by atoms with Crippen molar-refractivity contribution in [3.63, 3.8) is 0 Å². The lowest BCUT2D eigenvalue weighted by Crippen LogP contribution is -2.47. The summed E-state index contributed by atoms with van der Waals surface area (Å²) in [6, 6.07) is 30.8. The lowest BCUT2D eigenvalue weighted by Gasteiger charge is -2.36. The van der Waals surface area contributed by atoms with E-state index in [2.05, 4.69) is 81.9 Å². The third-order valence-corrected chi connectivity index (χ3v) is 15.2. The first-order chi connectivity index (χ1) is 38.1. The van der Waals surface area contributed by atoms with Gasteiger partial charge in [0.2, 0.25) is 0 Å². The highest BCUT2D eigenvalue weighted by Gasteiger charge is 2.37. The first kappa shape index (κ1) is 55.6. The summed E-state index contributed by atoms with van der Waals surface area (Å²) in [7, 11) is 5.30. The Labute approximate surface area is 459 Å². The predicted molar refractivity (Wildman–Crippen MR) is 303 cm³/mol. The van der Waals surface area contributed by atoms with Crippen LogP contribution >= 0.6 is 0 Å². The van der Waals surface area contributed by atoms with E-state index in [9.17, 15) is 14.4 Å². The highest BCUT2D eigenvalue weighted by atomic mass is 16.6. The van der Waals surface area contributed by atoms with Crippen LogP contribution in [-0.2, 0) is 63.0 Å². The molecular weight excluding hydrogens is 989 g/mol. The van der Waals surface area contributed by atoms with Crippen molar-refractivity contribution in [1.29, 1.82) is 0 Å². The highest BCUT2D eigenvalue weighted by molar-refractivity contribution is 6.02. The number of carbonyl (C=O) groups excluding carboxylic acids is 3. The van der Waals surface area contributed by atoms with Crippen LogP contribution in [0.25, 0.3) is 0 Å². The van der Waals surface area contributed by atoms with Gasteiger partial charge in [0.15, 0.2) is 11.5 Å². The lowest BCUT2D eigenvalue weighted by molar-refractivity contribution is -0.119. The van der Waals surface area contributed by atoms with Crippen LogP contribution in [0.2, 0.25) is 0 Å². The number of ketones is 1. The van der Waals surface area contributed by atoms with Gasteiger partial charge in [-0.05, 0) is 115 Å². The fourth-order valence-electron chi connectivity index (χ4n) is 11.1. The minimum absolute atomic E-state index is 0.00376. The summed E-state index contributed by atoms with van der Waals surface area (Å²) >= 11 is 0. The summed E-state index contributed by atoms with van der Waals surface area (Å²) in [5.41, 5.74) is 11.3. The summed E-state index contributed by atoms with van der Waals surface area (Å²) < 4.78 is 36.3. The van der Waals surface area contributed by atoms with Crippen molar-refractivity contribution < 1.29 is 47.6 Å². The number of anilines is 3. The number of nitrogens with zero attached hydrogens (tertiary/aromatic N) is 5. The van der Waals surface area contributed by atoms with Crippen LogP contribution in [0.1, 0.15) is 98.7 Å². The number of rotatable bonds is 27. The summed E-state index contributed by atoms with van der Waals surface area (Å²) in [6.07, 6.45) is 6.27. The molecule has 0 aliphatic carbocycles. The zero-order chi connectivity index (χ0) is 54.4. The number of ether oxygens (including phenoxy) is 6. The molecule has 5 aromatic carbocycles. The van der Waals surface area contributed by atoms with Gasteiger partial charge < -0.3 is 58.2 Å². The molecule has 414 valence electrons. The second kappa shape index (κ2) is 27.0. The molecule has 0 bridgehead atoms. The van der Waals surface area contributed by atoms with Gasteiger partial charge >= 0.3 is 0 Å². The lowest BCUT2D eigenvalue weighted by atomic mass is 9.93. The van der Waals surface area contributed by atoms with Gasteiger partial charge in [-0.2, -0.15) is 0 Å². The first-order valence-electron chi connectivity index (χ1n) is 27.6. The van der Waals surface area contributed by atoms with Gasteiger partial charge in [-0.1, -0.05) is 53.7 Å². The van der Waals surface area contributed by atoms with E-state index in [1.165, 1.54) is 22.3 Å². The van der Waals surface area contributed by atoms with Crippen LogP contribution in [0.5, 0.6) is 17.2 Å². The van der Waals surface area contributed by atoms with Crippen molar-refractivity contribution >= 4 is 40.9 Å². The maximum absolute atomic E-state index is 14.3. The number of carbonyl (C=O) groups is 3. The second-order valence-electron chi connectivity index (χ2n) is 20.7. The third kappa shape index (κ3) is 13.8. The van der Waals surface area contributed by atoms with E-state index in [0.29, 0.717) is 132 Å². The molecule has 0 fully saturated rings. The standard InChI is InChI=1S/C62H76N6O10/c1-6-64-78-22-12-11-18-53(69)19-13-20-66(21-23-74-26-27-75-25-24-72-4)50-30-44(41-76-58-36-57-55(28-43(58)2)62(71)68-39-49-17-10-8-15-47(49)33-52(68)40-65(57)3)29-45(31-50)42-77-60-35-56-54(34-59(60)73-5)61(70)67-38-48-16-9-7-14-46(48)32-51(67)37-63-56/h6-10,14-17,28-31,34-36,51-52,63H,11-13,18-27,32-33,37-42H2,1-5H3/t51-,52-/m0/s1. The Morgan fingerprint density at radius 2 is 1.33 bits per heavy atom. The van der Waals surface area contributed by atoms with Gasteiger partial charge in [0.25, 0.3) is 11.8 Å². The van der Waals surface area contributed by atoms with E-state index in [1.807, 2.05) is 47.1 Å². The number of benzene rings is 5. The van der Waals surface area contributed by atoms with Crippen LogP contribution in [-0.4, -0.2) is 133 Å². The molecule has 5 aromatic rings. The average molecular weight is 1070 g/mol. The van der Waals surface area contributed by atoms with Crippen LogP contribution in [0.4, 0.5) is 17.1 Å². The minimum atomic E-state index is -0.0435. The van der Waals surface area contributed by atoms with Gasteiger partial charge in [-0.3, -0.25) is 14.4 Å². The molecule has 16 heteroatoms. The van der Waals surface area contributed by atoms with Crippen LogP contribution < -0.4 is 29.3 Å². The Kier molecular flexibility index (Phi) is 19.2. The van der Waals surface area contributed by atoms with E-state index in [-0.39, 0.29) is 42.9 Å². The van der Waals surface area contributed by atoms with Crippen molar-refractivity contribution in [2.75, 3.05) is 102 Å². The Bertz CT molecular complexity index is 2910. The fourth-order valence-corrected chi connectivity index (χ4v) is 11.1. The van der Waals surface area contributed by atoms with E-state index in [0.717, 1.165) is 53.7 Å². The zero-order valence-electron chi connectivity index (χ0n) is 46.1. The minimum Gasteiger partial charge on any atom is -0.493 e. The molecule has 2 amide bonds. The number of methoxy groups -OCH3 is 2. The summed E-state index contributed by atoms with van der Waals surface area (Å²) in [5.74, 6) is 1.86. The van der Waals surface area contributed by atoms with Crippen molar-refractivity contribution in [2.24, 2.45) is 5.16 Å². The number of likely N-dealkylation sites (N-methyl/N-ethyl adjacent to an activating group) is 1. The van der Waals surface area contributed by atoms with E-state index in [1.54, 1.807) is 33.4 Å². The Morgan fingerprint density at radius 1 is 0.692 bits per heavy atom. The number of Topliss-reactive ketones (excluding diaryl/α,β-unsaturated/α-hetero) is 1. The summed E-state index contributed by atoms with van der Waals surface area (Å²) in [5, 5.41) is 7.38. The van der Waals surface area contributed by atoms with Crippen molar-refractivity contribution in [3.05, 3.63) is 141 Å². The van der Waals surface area contributed by atoms with Gasteiger partial charge in [0, 0.05) is 90.3 Å². The van der Waals surface area contributed by atoms with Gasteiger partial charge in [0.05, 0.1) is 74.7 Å². The maximum Gasteiger partial charge on any atom is 0.256 e. The van der Waals surface area contributed by atoms with Crippen LogP contribution in [0.3, 0.4) is 0 Å². The molecule has 2 atom stereocenters. The number of fused-ring (bicyclic) bond motifs is 6. The number of amides is 2. The zero-order valence-corrected chi connectivity index (χ0v) is 46.1. The topological polar surface area (TPSA) is 153 Å². The predicted octanol–water partition coefficient (Wildman–Crippen LogP) is 9.20. The number of aryl methyl sites for hydroxylation is 1. The highest BCUT2D eigenvalue weighted by Crippen LogP contribution is 2.40. The molecule has 0 aromatic heterocycles. The van der Waals surface area contributed by atoms with E-state index < -0.39 is 0 Å². The maximum atomic E-state index is 14.3. The number of hydrogen-bond acceptors (Lipinski definition) is 14. The largest absolute Gasteiger partial charge is 0.493 e. The van der Waals surface area contributed by atoms with Gasteiger partial charge in [-0.15, -0.1) is 0 Å². The monoisotopic (exact) mass is 1060 g/mol. The summed E-state index contributed by atoms with van der Waals surface area (Å²) in [4.78, 5) is 55.4. The molecule has 4 heterocycles. The molecule has 78 heavy (non-hydrogen) atoms. The van der Waals surface area contributed by atoms with Crippen molar-refractivity contribution in [3.8, 4) is 17.2 Å². The number of unbranched alkanes of at least 4 members (excludes halogenated alkanes) is 1. The summed E-state index contributed by atoms with van der Waals surface area (Å²) in [6.45, 7) is 10.6. The molecular formula is C62H76N6O10. The van der Waals surface area contributed by atoms with Crippen molar-refractivity contribution in [2.45, 2.75) is 97.2 Å². The van der Waals surface area contributed by atoms with E-state index >= 15 is 0 Å². The Hall–Kier alpha value is -7.14. The second-order valence-corrected chi connectivity index (χ2v) is 20.7.